The molecule has 0 spiro atoms. The van der Waals surface area contributed by atoms with E-state index in [0.29, 0.717) is 11.8 Å². The SMILES string of the molecule is Cl.NC[C@@H]1CN(Cc2csc(-c3ccccc3)n2)C[C@H]1c1ccccc1. The van der Waals surface area contributed by atoms with Crippen LogP contribution in [0, 0.1) is 5.92 Å². The van der Waals surface area contributed by atoms with Crippen LogP contribution in [0.3, 0.4) is 0 Å². The highest BCUT2D eigenvalue weighted by atomic mass is 35.5. The van der Waals surface area contributed by atoms with Gasteiger partial charge in [-0.25, -0.2) is 4.98 Å². The Morgan fingerprint density at radius 1 is 1.00 bits per heavy atom. The molecule has 3 nitrogen and oxygen atoms in total. The Bertz CT molecular complexity index is 806. The third kappa shape index (κ3) is 4.15. The molecule has 1 saturated heterocycles. The van der Waals surface area contributed by atoms with Crippen molar-refractivity contribution in [1.82, 2.24) is 9.88 Å². The molecular weight excluding hydrogens is 362 g/mol. The van der Waals surface area contributed by atoms with E-state index < -0.39 is 0 Å². The van der Waals surface area contributed by atoms with Crippen molar-refractivity contribution in [2.45, 2.75) is 12.5 Å². The topological polar surface area (TPSA) is 42.1 Å². The number of benzene rings is 2. The van der Waals surface area contributed by atoms with Crippen molar-refractivity contribution < 1.29 is 0 Å². The van der Waals surface area contributed by atoms with Crippen molar-refractivity contribution in [3.63, 3.8) is 0 Å². The van der Waals surface area contributed by atoms with E-state index >= 15 is 0 Å². The molecule has 0 radical (unpaired) electrons. The van der Waals surface area contributed by atoms with Crippen LogP contribution in [0.1, 0.15) is 17.2 Å². The van der Waals surface area contributed by atoms with E-state index in [2.05, 4.69) is 64.9 Å². The molecule has 2 atom stereocenters. The molecule has 1 aromatic heterocycles. The minimum absolute atomic E-state index is 0. The van der Waals surface area contributed by atoms with E-state index in [-0.39, 0.29) is 12.4 Å². The Balaban J connectivity index is 0.00000196. The molecule has 2 aromatic carbocycles. The zero-order chi connectivity index (χ0) is 17.1. The number of aromatic nitrogens is 1. The standard InChI is InChI=1S/C21H23N3S.ClH/c22-11-18-12-24(14-20(18)16-7-3-1-4-8-16)13-19-15-25-21(23-19)17-9-5-2-6-10-17;/h1-10,15,18,20H,11-14,22H2;1H/t18-,20+;/m1./s1. The molecular formula is C21H24ClN3S. The number of thiazole rings is 1. The van der Waals surface area contributed by atoms with Crippen LogP contribution in [-0.4, -0.2) is 29.5 Å². The second-order valence-electron chi connectivity index (χ2n) is 6.72. The van der Waals surface area contributed by atoms with E-state index in [9.17, 15) is 0 Å². The first-order valence-electron chi connectivity index (χ1n) is 8.80. The fourth-order valence-electron chi connectivity index (χ4n) is 3.73. The zero-order valence-corrected chi connectivity index (χ0v) is 16.3. The average molecular weight is 386 g/mol. The lowest BCUT2D eigenvalue weighted by atomic mass is 9.89. The Kier molecular flexibility index (Phi) is 6.43. The molecule has 1 aliphatic rings. The van der Waals surface area contributed by atoms with Crippen LogP contribution in [0.5, 0.6) is 0 Å². The van der Waals surface area contributed by atoms with Gasteiger partial charge in [-0.1, -0.05) is 60.7 Å². The first kappa shape index (κ1) is 19.1. The molecule has 0 bridgehead atoms. The van der Waals surface area contributed by atoms with Crippen molar-refractivity contribution in [3.8, 4) is 10.6 Å². The summed E-state index contributed by atoms with van der Waals surface area (Å²) >= 11 is 1.73. The van der Waals surface area contributed by atoms with Crippen molar-refractivity contribution in [2.24, 2.45) is 11.7 Å². The number of hydrogen-bond donors (Lipinski definition) is 1. The molecule has 136 valence electrons. The summed E-state index contributed by atoms with van der Waals surface area (Å²) in [5.41, 5.74) is 9.82. The third-order valence-electron chi connectivity index (χ3n) is 5.01. The summed E-state index contributed by atoms with van der Waals surface area (Å²) < 4.78 is 0. The highest BCUT2D eigenvalue weighted by Gasteiger charge is 2.32. The summed E-state index contributed by atoms with van der Waals surface area (Å²) in [6.07, 6.45) is 0. The van der Waals surface area contributed by atoms with E-state index in [1.165, 1.54) is 11.1 Å². The molecule has 2 N–H and O–H groups in total. The number of halogens is 1. The molecule has 3 aromatic rings. The molecule has 4 rings (SSSR count). The second kappa shape index (κ2) is 8.78. The van der Waals surface area contributed by atoms with Gasteiger partial charge in [-0.3, -0.25) is 4.90 Å². The summed E-state index contributed by atoms with van der Waals surface area (Å²) in [6, 6.07) is 21.2. The van der Waals surface area contributed by atoms with Gasteiger partial charge in [0.25, 0.3) is 0 Å². The van der Waals surface area contributed by atoms with Crippen LogP contribution >= 0.6 is 23.7 Å². The van der Waals surface area contributed by atoms with Gasteiger partial charge in [0, 0.05) is 36.5 Å². The molecule has 2 heterocycles. The Morgan fingerprint density at radius 3 is 2.38 bits per heavy atom. The molecule has 26 heavy (non-hydrogen) atoms. The average Bonchev–Trinajstić information content (AvgIpc) is 3.30. The number of nitrogens with two attached hydrogens (primary N) is 1. The monoisotopic (exact) mass is 385 g/mol. The molecule has 1 fully saturated rings. The van der Waals surface area contributed by atoms with E-state index in [0.717, 1.165) is 36.9 Å². The Morgan fingerprint density at radius 2 is 1.69 bits per heavy atom. The summed E-state index contributed by atoms with van der Waals surface area (Å²) in [5.74, 6) is 1.05. The molecule has 5 heteroatoms. The quantitative estimate of drug-likeness (QED) is 0.707. The van der Waals surface area contributed by atoms with Crippen LogP contribution in [0.2, 0.25) is 0 Å². The van der Waals surface area contributed by atoms with Crippen LogP contribution < -0.4 is 5.73 Å². The Hall–Kier alpha value is -1.72. The van der Waals surface area contributed by atoms with E-state index in [4.69, 9.17) is 10.7 Å². The fraction of sp³-hybridized carbons (Fsp3) is 0.286. The highest BCUT2D eigenvalue weighted by Crippen LogP contribution is 2.33. The fourth-order valence-corrected chi connectivity index (χ4v) is 4.55. The maximum atomic E-state index is 6.06. The molecule has 0 saturated carbocycles. The van der Waals surface area contributed by atoms with Crippen LogP contribution in [0.25, 0.3) is 10.6 Å². The van der Waals surface area contributed by atoms with Gasteiger partial charge in [0.15, 0.2) is 0 Å². The molecule has 0 amide bonds. The third-order valence-corrected chi connectivity index (χ3v) is 5.95. The largest absolute Gasteiger partial charge is 0.330 e. The molecule has 0 aliphatic carbocycles. The van der Waals surface area contributed by atoms with Gasteiger partial charge >= 0.3 is 0 Å². The summed E-state index contributed by atoms with van der Waals surface area (Å²) in [5, 5.41) is 3.29. The van der Waals surface area contributed by atoms with Gasteiger partial charge in [0.1, 0.15) is 5.01 Å². The summed E-state index contributed by atoms with van der Waals surface area (Å²) in [4.78, 5) is 7.34. The number of nitrogens with zero attached hydrogens (tertiary/aromatic N) is 2. The van der Waals surface area contributed by atoms with Gasteiger partial charge in [-0.05, 0) is 18.0 Å². The lowest BCUT2D eigenvalue weighted by Crippen LogP contribution is -2.23. The minimum atomic E-state index is 0. The minimum Gasteiger partial charge on any atom is -0.330 e. The maximum Gasteiger partial charge on any atom is 0.123 e. The van der Waals surface area contributed by atoms with Gasteiger partial charge in [0.05, 0.1) is 5.69 Å². The van der Waals surface area contributed by atoms with Gasteiger partial charge in [0.2, 0.25) is 0 Å². The predicted octanol–water partition coefficient (Wildman–Crippen LogP) is 4.41. The van der Waals surface area contributed by atoms with Crippen LogP contribution in [-0.2, 0) is 6.54 Å². The van der Waals surface area contributed by atoms with Crippen molar-refractivity contribution >= 4 is 23.7 Å². The molecule has 1 aliphatic heterocycles. The summed E-state index contributed by atoms with van der Waals surface area (Å²) in [6.45, 7) is 3.75. The Labute approximate surface area is 165 Å². The van der Waals surface area contributed by atoms with Crippen LogP contribution in [0.15, 0.2) is 66.0 Å². The van der Waals surface area contributed by atoms with Gasteiger partial charge in [-0.15, -0.1) is 23.7 Å². The first-order chi connectivity index (χ1) is 12.3. The van der Waals surface area contributed by atoms with Crippen molar-refractivity contribution in [1.29, 1.82) is 0 Å². The summed E-state index contributed by atoms with van der Waals surface area (Å²) in [7, 11) is 0. The number of hydrogen-bond acceptors (Lipinski definition) is 4. The normalized spacial score (nSPS) is 20.0. The molecule has 0 unspecified atom stereocenters. The highest BCUT2D eigenvalue weighted by molar-refractivity contribution is 7.13. The van der Waals surface area contributed by atoms with Gasteiger partial charge < -0.3 is 5.73 Å². The zero-order valence-electron chi connectivity index (χ0n) is 14.6. The predicted molar refractivity (Wildman–Crippen MR) is 112 cm³/mol. The van der Waals surface area contributed by atoms with Crippen molar-refractivity contribution in [2.75, 3.05) is 19.6 Å². The first-order valence-corrected chi connectivity index (χ1v) is 9.68. The van der Waals surface area contributed by atoms with Gasteiger partial charge in [-0.2, -0.15) is 0 Å². The lowest BCUT2D eigenvalue weighted by molar-refractivity contribution is 0.314. The smallest absolute Gasteiger partial charge is 0.123 e. The maximum absolute atomic E-state index is 6.06. The van der Waals surface area contributed by atoms with E-state index in [1.54, 1.807) is 11.3 Å². The lowest BCUT2D eigenvalue weighted by Gasteiger charge is -2.16. The van der Waals surface area contributed by atoms with Crippen molar-refractivity contribution in [3.05, 3.63) is 77.3 Å². The number of likely N-dealkylation sites (tertiary alicyclic amines) is 1. The van der Waals surface area contributed by atoms with E-state index in [1.807, 2.05) is 6.07 Å². The number of rotatable bonds is 5. The second-order valence-corrected chi connectivity index (χ2v) is 7.58. The van der Waals surface area contributed by atoms with Crippen LogP contribution in [0.4, 0.5) is 0 Å².